The minimum atomic E-state index is -0.498. The monoisotopic (exact) mass is 265 g/mol. The van der Waals surface area contributed by atoms with Gasteiger partial charge in [-0.1, -0.05) is 0 Å². The molecule has 0 aromatic heterocycles. The summed E-state index contributed by atoms with van der Waals surface area (Å²) in [6.45, 7) is 0.991. The maximum atomic E-state index is 11.8. The molecule has 6 heteroatoms. The molecule has 0 bridgehead atoms. The quantitative estimate of drug-likeness (QED) is 0.816. The van der Waals surface area contributed by atoms with Gasteiger partial charge in [-0.15, -0.1) is 0 Å². The van der Waals surface area contributed by atoms with E-state index in [1.807, 2.05) is 0 Å². The minimum Gasteiger partial charge on any atom is -0.490 e. The van der Waals surface area contributed by atoms with Gasteiger partial charge in [0.1, 0.15) is 6.54 Å². The molecule has 0 saturated heterocycles. The Bertz CT molecular complexity index is 486. The van der Waals surface area contributed by atoms with Gasteiger partial charge in [0.15, 0.2) is 11.5 Å². The molecule has 102 valence electrons. The number of benzene rings is 1. The first-order valence-corrected chi connectivity index (χ1v) is 5.95. The van der Waals surface area contributed by atoms with Crippen molar-refractivity contribution >= 4 is 11.9 Å². The van der Waals surface area contributed by atoms with Crippen molar-refractivity contribution < 1.29 is 23.8 Å². The number of methoxy groups -OCH3 is 1. The Morgan fingerprint density at radius 1 is 1.26 bits per heavy atom. The Balaban J connectivity index is 2.06. The van der Waals surface area contributed by atoms with Crippen LogP contribution in [0.1, 0.15) is 16.8 Å². The van der Waals surface area contributed by atoms with Crippen LogP contribution in [0.25, 0.3) is 0 Å². The normalized spacial score (nSPS) is 13.3. The first-order valence-electron chi connectivity index (χ1n) is 5.95. The lowest BCUT2D eigenvalue weighted by atomic mass is 10.2. The maximum absolute atomic E-state index is 11.8. The molecule has 1 amide bonds. The number of hydrogen-bond acceptors (Lipinski definition) is 5. The highest BCUT2D eigenvalue weighted by atomic mass is 16.5. The third-order valence-corrected chi connectivity index (χ3v) is 2.63. The Kier molecular flexibility index (Phi) is 4.22. The summed E-state index contributed by atoms with van der Waals surface area (Å²) in [7, 11) is 1.27. The number of ether oxygens (including phenoxy) is 3. The molecule has 1 aliphatic rings. The van der Waals surface area contributed by atoms with E-state index in [9.17, 15) is 9.59 Å². The highest BCUT2D eigenvalue weighted by Crippen LogP contribution is 2.30. The highest BCUT2D eigenvalue weighted by molar-refractivity contribution is 5.96. The van der Waals surface area contributed by atoms with Crippen LogP contribution < -0.4 is 14.8 Å². The van der Waals surface area contributed by atoms with Crippen LogP contribution >= 0.6 is 0 Å². The Labute approximate surface area is 110 Å². The van der Waals surface area contributed by atoms with Crippen molar-refractivity contribution in [2.75, 3.05) is 26.9 Å². The fraction of sp³-hybridized carbons (Fsp3) is 0.385. The first kappa shape index (κ1) is 13.2. The smallest absolute Gasteiger partial charge is 0.325 e. The number of carbonyl (C=O) groups excluding carboxylic acids is 2. The van der Waals surface area contributed by atoms with Gasteiger partial charge in [-0.25, -0.2) is 0 Å². The fourth-order valence-electron chi connectivity index (χ4n) is 1.63. The number of nitrogens with one attached hydrogen (secondary N) is 1. The number of amides is 1. The van der Waals surface area contributed by atoms with Crippen molar-refractivity contribution in [3.63, 3.8) is 0 Å². The van der Waals surface area contributed by atoms with Crippen LogP contribution in [-0.2, 0) is 9.53 Å². The molecule has 19 heavy (non-hydrogen) atoms. The van der Waals surface area contributed by atoms with Crippen molar-refractivity contribution in [1.82, 2.24) is 5.32 Å². The van der Waals surface area contributed by atoms with Gasteiger partial charge in [0.25, 0.3) is 5.91 Å². The lowest BCUT2D eigenvalue weighted by Gasteiger charge is -2.09. The van der Waals surface area contributed by atoms with Gasteiger partial charge >= 0.3 is 5.97 Å². The van der Waals surface area contributed by atoms with Gasteiger partial charge in [-0.3, -0.25) is 9.59 Å². The molecular weight excluding hydrogens is 250 g/mol. The standard InChI is InChI=1S/C13H15NO5/c1-17-12(15)8-14-13(16)9-3-4-10-11(7-9)19-6-2-5-18-10/h3-4,7H,2,5-6,8H2,1H3,(H,14,16). The van der Waals surface area contributed by atoms with Gasteiger partial charge < -0.3 is 19.5 Å². The summed E-state index contributed by atoms with van der Waals surface area (Å²) in [5.74, 6) is 0.314. The second kappa shape index (κ2) is 6.08. The largest absolute Gasteiger partial charge is 0.490 e. The zero-order valence-corrected chi connectivity index (χ0v) is 10.6. The van der Waals surface area contributed by atoms with Crippen LogP contribution in [0.3, 0.4) is 0 Å². The molecule has 0 unspecified atom stereocenters. The maximum Gasteiger partial charge on any atom is 0.325 e. The van der Waals surface area contributed by atoms with E-state index in [2.05, 4.69) is 10.1 Å². The predicted octanol–water partition coefficient (Wildman–Crippen LogP) is 0.751. The number of hydrogen-bond donors (Lipinski definition) is 1. The first-order chi connectivity index (χ1) is 9.20. The van der Waals surface area contributed by atoms with Crippen LogP contribution in [-0.4, -0.2) is 38.7 Å². The Morgan fingerprint density at radius 3 is 2.74 bits per heavy atom. The summed E-state index contributed by atoms with van der Waals surface area (Å²) in [4.78, 5) is 22.8. The van der Waals surface area contributed by atoms with E-state index in [1.165, 1.54) is 7.11 Å². The molecule has 1 aromatic carbocycles. The summed E-state index contributed by atoms with van der Waals surface area (Å²) >= 11 is 0. The Morgan fingerprint density at radius 2 is 2.00 bits per heavy atom. The summed E-state index contributed by atoms with van der Waals surface area (Å²) in [6, 6.07) is 4.92. The number of esters is 1. The highest BCUT2D eigenvalue weighted by Gasteiger charge is 2.14. The van der Waals surface area contributed by atoms with Crippen molar-refractivity contribution in [2.24, 2.45) is 0 Å². The van der Waals surface area contributed by atoms with Crippen LogP contribution in [0.2, 0.25) is 0 Å². The molecule has 1 heterocycles. The summed E-state index contributed by atoms with van der Waals surface area (Å²) in [5.41, 5.74) is 0.410. The molecular formula is C13H15NO5. The van der Waals surface area contributed by atoms with Gasteiger partial charge in [-0.05, 0) is 18.2 Å². The van der Waals surface area contributed by atoms with E-state index in [4.69, 9.17) is 9.47 Å². The molecule has 6 nitrogen and oxygen atoms in total. The van der Waals surface area contributed by atoms with Gasteiger partial charge in [0.2, 0.25) is 0 Å². The summed E-state index contributed by atoms with van der Waals surface area (Å²) in [5, 5.41) is 2.46. The second-order valence-corrected chi connectivity index (χ2v) is 3.97. The van der Waals surface area contributed by atoms with Crippen molar-refractivity contribution in [1.29, 1.82) is 0 Å². The van der Waals surface area contributed by atoms with Crippen molar-refractivity contribution in [3.05, 3.63) is 23.8 Å². The molecule has 2 rings (SSSR count). The third kappa shape index (κ3) is 3.37. The summed E-state index contributed by atoms with van der Waals surface area (Å²) < 4.78 is 15.4. The van der Waals surface area contributed by atoms with Crippen molar-refractivity contribution in [3.8, 4) is 11.5 Å². The Hall–Kier alpha value is -2.24. The van der Waals surface area contributed by atoms with E-state index in [0.717, 1.165) is 6.42 Å². The van der Waals surface area contributed by atoms with E-state index in [1.54, 1.807) is 18.2 Å². The van der Waals surface area contributed by atoms with Gasteiger partial charge in [0.05, 0.1) is 20.3 Å². The second-order valence-electron chi connectivity index (χ2n) is 3.97. The molecule has 0 fully saturated rings. The lowest BCUT2D eigenvalue weighted by Crippen LogP contribution is -2.30. The molecule has 0 spiro atoms. The molecule has 0 saturated carbocycles. The zero-order valence-electron chi connectivity index (χ0n) is 10.6. The number of rotatable bonds is 3. The fourth-order valence-corrected chi connectivity index (χ4v) is 1.63. The van der Waals surface area contributed by atoms with E-state index >= 15 is 0 Å². The molecule has 0 atom stereocenters. The van der Waals surface area contributed by atoms with Gasteiger partial charge in [-0.2, -0.15) is 0 Å². The average Bonchev–Trinajstić information content (AvgIpc) is 2.68. The zero-order chi connectivity index (χ0) is 13.7. The van der Waals surface area contributed by atoms with Crippen LogP contribution in [0, 0.1) is 0 Å². The average molecular weight is 265 g/mol. The third-order valence-electron chi connectivity index (χ3n) is 2.63. The number of carbonyl (C=O) groups is 2. The molecule has 1 N–H and O–H groups in total. The van der Waals surface area contributed by atoms with Crippen LogP contribution in [0.5, 0.6) is 11.5 Å². The van der Waals surface area contributed by atoms with E-state index in [0.29, 0.717) is 30.3 Å². The predicted molar refractivity (Wildman–Crippen MR) is 66.4 cm³/mol. The SMILES string of the molecule is COC(=O)CNC(=O)c1ccc2c(c1)OCCCO2. The topological polar surface area (TPSA) is 73.9 Å². The molecule has 1 aromatic rings. The molecule has 0 radical (unpaired) electrons. The van der Waals surface area contributed by atoms with Crippen molar-refractivity contribution in [2.45, 2.75) is 6.42 Å². The molecule has 0 aliphatic carbocycles. The van der Waals surface area contributed by atoms with E-state index in [-0.39, 0.29) is 12.5 Å². The minimum absolute atomic E-state index is 0.163. The van der Waals surface area contributed by atoms with Gasteiger partial charge in [0, 0.05) is 12.0 Å². The summed E-state index contributed by atoms with van der Waals surface area (Å²) in [6.07, 6.45) is 0.804. The van der Waals surface area contributed by atoms with E-state index < -0.39 is 5.97 Å². The van der Waals surface area contributed by atoms with Crippen LogP contribution in [0.4, 0.5) is 0 Å². The van der Waals surface area contributed by atoms with Crippen LogP contribution in [0.15, 0.2) is 18.2 Å². The molecule has 1 aliphatic heterocycles. The number of fused-ring (bicyclic) bond motifs is 1. The lowest BCUT2D eigenvalue weighted by molar-refractivity contribution is -0.139.